The fourth-order valence-electron chi connectivity index (χ4n) is 0.924. The van der Waals surface area contributed by atoms with Crippen molar-refractivity contribution in [2.75, 3.05) is 19.2 Å². The van der Waals surface area contributed by atoms with Gasteiger partial charge in [-0.15, -0.1) is 0 Å². The van der Waals surface area contributed by atoms with Gasteiger partial charge in [-0.25, -0.2) is 5.06 Å². The molecule has 0 aliphatic heterocycles. The number of ether oxygens (including phenoxy) is 1. The number of anilines is 1. The van der Waals surface area contributed by atoms with E-state index in [0.29, 0.717) is 0 Å². The van der Waals surface area contributed by atoms with E-state index in [-0.39, 0.29) is 0 Å². The van der Waals surface area contributed by atoms with Crippen molar-refractivity contribution in [3.8, 4) is 18.3 Å². The summed E-state index contributed by atoms with van der Waals surface area (Å²) in [7, 11) is 3.36. The molecule has 0 spiro atoms. The molecule has 0 saturated heterocycles. The Morgan fingerprint density at radius 2 is 1.92 bits per heavy atom. The van der Waals surface area contributed by atoms with Gasteiger partial charge in [-0.1, -0.05) is 6.42 Å². The quantitative estimate of drug-likeness (QED) is 0.517. The van der Waals surface area contributed by atoms with Gasteiger partial charge in [0.25, 0.3) is 0 Å². The highest BCUT2D eigenvalue weighted by molar-refractivity contribution is 5.46. The van der Waals surface area contributed by atoms with E-state index in [1.54, 1.807) is 14.2 Å². The summed E-state index contributed by atoms with van der Waals surface area (Å²) >= 11 is 0. The molecule has 0 unspecified atom stereocenters. The lowest BCUT2D eigenvalue weighted by Gasteiger charge is -2.14. The fraction of sp³-hybridized carbons (Fsp3) is 0.200. The maximum absolute atomic E-state index is 5.01. The normalized spacial score (nSPS) is 8.69. The van der Waals surface area contributed by atoms with Crippen LogP contribution in [0, 0.1) is 12.5 Å². The lowest BCUT2D eigenvalue weighted by molar-refractivity contribution is 0.263. The third-order valence-electron chi connectivity index (χ3n) is 1.63. The summed E-state index contributed by atoms with van der Waals surface area (Å²) in [6.45, 7) is 0. The Labute approximate surface area is 77.8 Å². The van der Waals surface area contributed by atoms with Crippen LogP contribution < -0.4 is 9.80 Å². The van der Waals surface area contributed by atoms with E-state index in [1.165, 1.54) is 5.06 Å². The molecule has 0 atom stereocenters. The number of benzene rings is 1. The molecular weight excluding hydrogens is 166 g/mol. The summed E-state index contributed by atoms with van der Waals surface area (Å²) in [5.41, 5.74) is 0.874. The van der Waals surface area contributed by atoms with Crippen molar-refractivity contribution in [3.63, 3.8) is 0 Å². The molecule has 0 radical (unpaired) electrons. The fourth-order valence-corrected chi connectivity index (χ4v) is 0.924. The van der Waals surface area contributed by atoms with E-state index < -0.39 is 0 Å². The molecule has 3 nitrogen and oxygen atoms in total. The lowest BCUT2D eigenvalue weighted by atomic mass is 10.3. The van der Waals surface area contributed by atoms with Gasteiger partial charge in [0.2, 0.25) is 0 Å². The van der Waals surface area contributed by atoms with Gasteiger partial charge in [-0.2, -0.15) is 0 Å². The van der Waals surface area contributed by atoms with E-state index in [4.69, 9.17) is 16.0 Å². The molecule has 0 aromatic heterocycles. The summed E-state index contributed by atoms with van der Waals surface area (Å²) in [6, 6.07) is 7.39. The second-order valence-electron chi connectivity index (χ2n) is 2.40. The minimum atomic E-state index is 0.804. The van der Waals surface area contributed by atoms with Crippen molar-refractivity contribution in [3.05, 3.63) is 24.3 Å². The Morgan fingerprint density at radius 1 is 1.31 bits per heavy atom. The number of rotatable bonds is 3. The van der Waals surface area contributed by atoms with Crippen LogP contribution in [-0.4, -0.2) is 14.2 Å². The number of terminal acetylenes is 1. The minimum absolute atomic E-state index is 0.804. The first kappa shape index (κ1) is 9.27. The molecular formula is C10H11NO2. The Hall–Kier alpha value is -1.82. The zero-order chi connectivity index (χ0) is 9.68. The van der Waals surface area contributed by atoms with Gasteiger partial charge in [-0.05, 0) is 24.3 Å². The Kier molecular flexibility index (Phi) is 3.04. The topological polar surface area (TPSA) is 21.7 Å². The van der Waals surface area contributed by atoms with Gasteiger partial charge in [0.05, 0.1) is 12.8 Å². The van der Waals surface area contributed by atoms with Gasteiger partial charge >= 0.3 is 0 Å². The molecule has 1 aromatic carbocycles. The van der Waals surface area contributed by atoms with Crippen molar-refractivity contribution < 1.29 is 9.57 Å². The summed E-state index contributed by atoms with van der Waals surface area (Å²) in [5.74, 6) is 0.804. The maximum Gasteiger partial charge on any atom is 0.142 e. The van der Waals surface area contributed by atoms with E-state index in [0.717, 1.165) is 11.4 Å². The predicted molar refractivity (Wildman–Crippen MR) is 51.3 cm³/mol. The second kappa shape index (κ2) is 4.27. The maximum atomic E-state index is 5.01. The van der Waals surface area contributed by atoms with Crippen LogP contribution in [0.15, 0.2) is 24.3 Å². The summed E-state index contributed by atoms with van der Waals surface area (Å²) in [4.78, 5) is 4.82. The highest BCUT2D eigenvalue weighted by Crippen LogP contribution is 2.17. The van der Waals surface area contributed by atoms with Crippen LogP contribution in [-0.2, 0) is 4.84 Å². The summed E-state index contributed by atoms with van der Waals surface area (Å²) in [5, 5.41) is 1.50. The lowest BCUT2D eigenvalue weighted by Crippen LogP contribution is -2.13. The third kappa shape index (κ3) is 2.31. The molecule has 0 fully saturated rings. The highest BCUT2D eigenvalue weighted by Gasteiger charge is 1.99. The number of nitrogens with zero attached hydrogens (tertiary/aromatic N) is 1. The first-order valence-electron chi connectivity index (χ1n) is 3.78. The van der Waals surface area contributed by atoms with E-state index in [1.807, 2.05) is 24.3 Å². The van der Waals surface area contributed by atoms with Gasteiger partial charge in [0, 0.05) is 7.05 Å². The van der Waals surface area contributed by atoms with Crippen molar-refractivity contribution >= 4 is 5.69 Å². The molecule has 0 aliphatic rings. The molecule has 0 N–H and O–H groups in total. The van der Waals surface area contributed by atoms with Crippen LogP contribution >= 0.6 is 0 Å². The van der Waals surface area contributed by atoms with Crippen LogP contribution in [0.3, 0.4) is 0 Å². The Bertz CT molecular complexity index is 300. The van der Waals surface area contributed by atoms with Gasteiger partial charge < -0.3 is 9.57 Å². The Balaban J connectivity index is 2.74. The van der Waals surface area contributed by atoms with Crippen molar-refractivity contribution in [1.82, 2.24) is 0 Å². The predicted octanol–water partition coefficient (Wildman–Crippen LogP) is 1.65. The van der Waals surface area contributed by atoms with E-state index >= 15 is 0 Å². The SMILES string of the molecule is C#CON(C)c1ccc(OC)cc1. The smallest absolute Gasteiger partial charge is 0.142 e. The minimum Gasteiger partial charge on any atom is -0.497 e. The Morgan fingerprint density at radius 3 is 2.38 bits per heavy atom. The van der Waals surface area contributed by atoms with Gasteiger partial charge in [-0.3, -0.25) is 0 Å². The average molecular weight is 177 g/mol. The van der Waals surface area contributed by atoms with E-state index in [9.17, 15) is 0 Å². The molecule has 68 valence electrons. The van der Waals surface area contributed by atoms with Crippen LogP contribution in [0.4, 0.5) is 5.69 Å². The molecule has 0 amide bonds. The number of hydrogen-bond donors (Lipinski definition) is 0. The largest absolute Gasteiger partial charge is 0.497 e. The molecule has 1 aromatic rings. The van der Waals surface area contributed by atoms with Crippen LogP contribution in [0.5, 0.6) is 5.75 Å². The standard InChI is InChI=1S/C10H11NO2/c1-4-13-11(2)9-5-7-10(12-3)8-6-9/h1,5-8H,2-3H3. The average Bonchev–Trinajstić information content (AvgIpc) is 2.18. The zero-order valence-corrected chi connectivity index (χ0v) is 7.65. The molecule has 13 heavy (non-hydrogen) atoms. The summed E-state index contributed by atoms with van der Waals surface area (Å²) < 4.78 is 5.01. The van der Waals surface area contributed by atoms with Crippen molar-refractivity contribution in [2.45, 2.75) is 0 Å². The molecule has 1 rings (SSSR count). The molecule has 0 heterocycles. The first-order chi connectivity index (χ1) is 6.27. The van der Waals surface area contributed by atoms with Crippen LogP contribution in [0.25, 0.3) is 0 Å². The van der Waals surface area contributed by atoms with E-state index in [2.05, 4.69) is 6.11 Å². The second-order valence-corrected chi connectivity index (χ2v) is 2.40. The molecule has 0 aliphatic carbocycles. The highest BCUT2D eigenvalue weighted by atomic mass is 16.7. The molecule has 0 bridgehead atoms. The van der Waals surface area contributed by atoms with Gasteiger partial charge in [0.15, 0.2) is 0 Å². The zero-order valence-electron chi connectivity index (χ0n) is 7.65. The number of methoxy groups -OCH3 is 1. The van der Waals surface area contributed by atoms with Crippen LogP contribution in [0.1, 0.15) is 0 Å². The number of hydroxylamine groups is 1. The van der Waals surface area contributed by atoms with Gasteiger partial charge in [0.1, 0.15) is 11.9 Å². The van der Waals surface area contributed by atoms with Crippen LogP contribution in [0.2, 0.25) is 0 Å². The monoisotopic (exact) mass is 177 g/mol. The third-order valence-corrected chi connectivity index (χ3v) is 1.63. The molecule has 3 heteroatoms. The van der Waals surface area contributed by atoms with Crippen molar-refractivity contribution in [2.24, 2.45) is 0 Å². The first-order valence-corrected chi connectivity index (χ1v) is 3.78. The summed E-state index contributed by atoms with van der Waals surface area (Å²) in [6.07, 6.45) is 7.07. The molecule has 0 saturated carbocycles. The number of hydrogen-bond acceptors (Lipinski definition) is 3. The van der Waals surface area contributed by atoms with Crippen molar-refractivity contribution in [1.29, 1.82) is 0 Å².